The summed E-state index contributed by atoms with van der Waals surface area (Å²) < 4.78 is 65.3. The summed E-state index contributed by atoms with van der Waals surface area (Å²) in [6.07, 6.45) is -0.942. The van der Waals surface area contributed by atoms with Gasteiger partial charge in [0.15, 0.2) is 5.69 Å². The van der Waals surface area contributed by atoms with Gasteiger partial charge in [-0.2, -0.15) is 18.3 Å². The first-order chi connectivity index (χ1) is 16.0. The van der Waals surface area contributed by atoms with Crippen molar-refractivity contribution in [3.63, 3.8) is 0 Å². The van der Waals surface area contributed by atoms with Crippen LogP contribution in [0.3, 0.4) is 0 Å². The number of hydrogen-bond donors (Lipinski definition) is 3. The Morgan fingerprint density at radius 1 is 1.09 bits per heavy atom. The molecule has 4 heterocycles. The predicted molar refractivity (Wildman–Crippen MR) is 110 cm³/mol. The number of nitrogens with zero attached hydrogens (tertiary/aromatic N) is 4. The number of carbonyl (C=O) groups excluding carboxylic acids is 2. The molecule has 0 saturated carbocycles. The summed E-state index contributed by atoms with van der Waals surface area (Å²) in [4.78, 5) is 33.9. The highest BCUT2D eigenvalue weighted by atomic mass is 19.4. The van der Waals surface area contributed by atoms with Crippen LogP contribution < -0.4 is 15.5 Å². The van der Waals surface area contributed by atoms with Crippen molar-refractivity contribution in [2.45, 2.75) is 18.5 Å². The minimum Gasteiger partial charge on any atom is -0.350 e. The first-order valence-corrected chi connectivity index (χ1v) is 9.79. The predicted octanol–water partition coefficient (Wildman–Crippen LogP) is 3.57. The number of carbonyl (C=O) groups is 2. The highest BCUT2D eigenvalue weighted by molar-refractivity contribution is 6.11. The van der Waals surface area contributed by atoms with Gasteiger partial charge in [-0.05, 0) is 18.2 Å². The van der Waals surface area contributed by atoms with Gasteiger partial charge < -0.3 is 15.5 Å². The summed E-state index contributed by atoms with van der Waals surface area (Å²) in [6, 6.07) is 3.58. The Labute approximate surface area is 188 Å². The van der Waals surface area contributed by atoms with E-state index in [4.69, 9.17) is 0 Å². The molecule has 0 aliphatic carbocycles. The first-order valence-electron chi connectivity index (χ1n) is 9.79. The van der Waals surface area contributed by atoms with E-state index in [2.05, 4.69) is 30.8 Å². The third-order valence-corrected chi connectivity index (χ3v) is 4.93. The average Bonchev–Trinajstić information content (AvgIpc) is 3.39. The van der Waals surface area contributed by atoms with Crippen LogP contribution in [0.4, 0.5) is 39.1 Å². The van der Waals surface area contributed by atoms with E-state index >= 15 is 0 Å². The van der Waals surface area contributed by atoms with E-state index < -0.39 is 36.0 Å². The molecule has 1 aliphatic heterocycles. The van der Waals surface area contributed by atoms with Gasteiger partial charge >= 0.3 is 6.18 Å². The van der Waals surface area contributed by atoms with Crippen molar-refractivity contribution >= 4 is 29.0 Å². The molecule has 1 fully saturated rings. The van der Waals surface area contributed by atoms with Crippen LogP contribution >= 0.6 is 0 Å². The third kappa shape index (κ3) is 5.10. The van der Waals surface area contributed by atoms with E-state index in [-0.39, 0.29) is 35.6 Å². The van der Waals surface area contributed by atoms with Gasteiger partial charge in [-0.3, -0.25) is 19.7 Å². The molecule has 0 spiro atoms. The van der Waals surface area contributed by atoms with Gasteiger partial charge in [-0.15, -0.1) is 0 Å². The van der Waals surface area contributed by atoms with Crippen molar-refractivity contribution in [1.29, 1.82) is 0 Å². The molecule has 3 aromatic rings. The normalized spacial score (nSPS) is 15.3. The van der Waals surface area contributed by atoms with Gasteiger partial charge in [0.05, 0.1) is 35.2 Å². The maximum atomic E-state index is 13.4. The number of aromatic nitrogens is 4. The van der Waals surface area contributed by atoms with Crippen LogP contribution in [-0.4, -0.2) is 51.0 Å². The quantitative estimate of drug-likeness (QED) is 0.480. The lowest BCUT2D eigenvalue weighted by Gasteiger charge is -2.17. The molecule has 0 bridgehead atoms. The number of alkyl halides is 5. The van der Waals surface area contributed by atoms with Crippen molar-refractivity contribution in [1.82, 2.24) is 20.2 Å². The highest BCUT2D eigenvalue weighted by Gasteiger charge is 2.38. The highest BCUT2D eigenvalue weighted by Crippen LogP contribution is 2.31. The lowest BCUT2D eigenvalue weighted by molar-refractivity contribution is -0.137. The lowest BCUT2D eigenvalue weighted by atomic mass is 10.2. The summed E-state index contributed by atoms with van der Waals surface area (Å²) in [5.74, 6) is -4.12. The van der Waals surface area contributed by atoms with Crippen LogP contribution in [0.1, 0.15) is 32.8 Å². The summed E-state index contributed by atoms with van der Waals surface area (Å²) in [6.45, 7) is -0.285. The molecule has 14 heteroatoms. The topological polar surface area (TPSA) is 116 Å². The Morgan fingerprint density at radius 2 is 1.88 bits per heavy atom. The van der Waals surface area contributed by atoms with Crippen molar-refractivity contribution in [3.05, 3.63) is 59.8 Å². The Morgan fingerprint density at radius 3 is 2.53 bits per heavy atom. The van der Waals surface area contributed by atoms with Crippen molar-refractivity contribution in [2.75, 3.05) is 28.6 Å². The number of rotatable bonds is 5. The summed E-state index contributed by atoms with van der Waals surface area (Å²) in [5.41, 5.74) is -1.55. The van der Waals surface area contributed by atoms with Crippen molar-refractivity contribution in [3.8, 4) is 0 Å². The van der Waals surface area contributed by atoms with Crippen LogP contribution in [0.25, 0.3) is 0 Å². The molecule has 3 aromatic heterocycles. The van der Waals surface area contributed by atoms with Crippen LogP contribution in [-0.2, 0) is 6.18 Å². The molecule has 178 valence electrons. The number of pyridine rings is 2. The Bertz CT molecular complexity index is 1210. The Kier molecular flexibility index (Phi) is 5.89. The van der Waals surface area contributed by atoms with E-state index in [0.29, 0.717) is 18.1 Å². The lowest BCUT2D eigenvalue weighted by Crippen LogP contribution is -2.25. The van der Waals surface area contributed by atoms with Gasteiger partial charge in [-0.25, -0.2) is 13.8 Å². The molecule has 34 heavy (non-hydrogen) atoms. The fourth-order valence-corrected chi connectivity index (χ4v) is 3.24. The number of anilines is 3. The number of H-pyrrole nitrogens is 1. The second kappa shape index (κ2) is 8.68. The van der Waals surface area contributed by atoms with E-state index in [1.807, 2.05) is 0 Å². The molecule has 0 radical (unpaired) electrons. The van der Waals surface area contributed by atoms with Gasteiger partial charge in [0, 0.05) is 31.6 Å². The minimum atomic E-state index is -4.68. The zero-order valence-electron chi connectivity index (χ0n) is 17.2. The number of hydrogen-bond acceptors (Lipinski definition) is 6. The van der Waals surface area contributed by atoms with Gasteiger partial charge in [0.25, 0.3) is 17.7 Å². The fourth-order valence-electron chi connectivity index (χ4n) is 3.24. The number of aromatic amines is 1. The van der Waals surface area contributed by atoms with E-state index in [1.54, 1.807) is 0 Å². The zero-order valence-corrected chi connectivity index (χ0v) is 17.2. The summed E-state index contributed by atoms with van der Waals surface area (Å²) >= 11 is 0. The molecule has 0 aromatic carbocycles. The first kappa shape index (κ1) is 23.1. The second-order valence-corrected chi connectivity index (χ2v) is 7.45. The summed E-state index contributed by atoms with van der Waals surface area (Å²) in [5, 5.41) is 11.0. The molecule has 9 nitrogen and oxygen atoms in total. The third-order valence-electron chi connectivity index (χ3n) is 4.93. The van der Waals surface area contributed by atoms with E-state index in [1.165, 1.54) is 29.4 Å². The SMILES string of the molecule is O=C(Nc1c[nH]nc1C(=O)Nc1ccc(N2CCC(F)(F)C2)nc1)c1cncc(C(F)(F)F)c1. The minimum absolute atomic E-state index is 0.0798. The second-order valence-electron chi connectivity index (χ2n) is 7.45. The molecular formula is C20H16F5N7O2. The fraction of sp³-hybridized carbons (Fsp3) is 0.250. The number of amides is 2. The zero-order chi connectivity index (χ0) is 24.5. The van der Waals surface area contributed by atoms with Gasteiger partial charge in [0.2, 0.25) is 0 Å². The number of nitrogens with one attached hydrogen (secondary N) is 3. The van der Waals surface area contributed by atoms with Gasteiger partial charge in [-0.1, -0.05) is 0 Å². The monoisotopic (exact) mass is 481 g/mol. The summed E-state index contributed by atoms with van der Waals surface area (Å²) in [7, 11) is 0. The maximum Gasteiger partial charge on any atom is 0.417 e. The van der Waals surface area contributed by atoms with Crippen LogP contribution in [0.15, 0.2) is 43.0 Å². The Hall–Kier alpha value is -4.10. The van der Waals surface area contributed by atoms with Crippen molar-refractivity contribution < 1.29 is 31.5 Å². The van der Waals surface area contributed by atoms with Crippen molar-refractivity contribution in [2.24, 2.45) is 0 Å². The van der Waals surface area contributed by atoms with E-state index in [0.717, 1.165) is 6.20 Å². The van der Waals surface area contributed by atoms with Crippen LogP contribution in [0.2, 0.25) is 0 Å². The average molecular weight is 481 g/mol. The Balaban J connectivity index is 1.42. The number of halogens is 5. The van der Waals surface area contributed by atoms with E-state index in [9.17, 15) is 31.5 Å². The molecule has 1 aliphatic rings. The van der Waals surface area contributed by atoms with Gasteiger partial charge in [0.1, 0.15) is 5.82 Å². The largest absolute Gasteiger partial charge is 0.417 e. The molecule has 0 atom stereocenters. The molecule has 2 amide bonds. The molecule has 1 saturated heterocycles. The standard InChI is InChI=1S/C20H16F5N7O2/c21-19(22)3-4-32(10-19)15-2-1-13(8-27-15)29-18(34)16-14(9-28-31-16)30-17(33)11-5-12(7-26-6-11)20(23,24)25/h1-2,5-9H,3-4,10H2,(H,28,31)(H,29,34)(H,30,33). The molecule has 0 unspecified atom stereocenters. The molecular weight excluding hydrogens is 465 g/mol. The maximum absolute atomic E-state index is 13.4. The van der Waals surface area contributed by atoms with Crippen LogP contribution in [0.5, 0.6) is 0 Å². The molecule has 4 rings (SSSR count). The van der Waals surface area contributed by atoms with Crippen LogP contribution in [0, 0.1) is 0 Å². The molecule has 3 N–H and O–H groups in total. The smallest absolute Gasteiger partial charge is 0.350 e.